The average Bonchev–Trinajstić information content (AvgIpc) is 2.22. The zero-order valence-electron chi connectivity index (χ0n) is 12.9. The lowest BCUT2D eigenvalue weighted by Gasteiger charge is -2.41. The van der Waals surface area contributed by atoms with Crippen LogP contribution in [0.15, 0.2) is 24.3 Å². The van der Waals surface area contributed by atoms with Gasteiger partial charge in [-0.05, 0) is 37.6 Å². The van der Waals surface area contributed by atoms with Crippen LogP contribution in [0.5, 0.6) is 0 Å². The van der Waals surface area contributed by atoms with Crippen LogP contribution >= 0.6 is 0 Å². The summed E-state index contributed by atoms with van der Waals surface area (Å²) in [6, 6.07) is 0. The minimum absolute atomic E-state index is 0.179. The van der Waals surface area contributed by atoms with Crippen molar-refractivity contribution in [2.24, 2.45) is 5.92 Å². The molecule has 0 spiro atoms. The van der Waals surface area contributed by atoms with E-state index in [-0.39, 0.29) is 11.1 Å². The minimum atomic E-state index is -1.71. The highest BCUT2D eigenvalue weighted by Gasteiger charge is 2.40. The van der Waals surface area contributed by atoms with Crippen LogP contribution in [0.1, 0.15) is 41.5 Å². The first-order valence-corrected chi connectivity index (χ1v) is 9.41. The van der Waals surface area contributed by atoms with E-state index >= 15 is 0 Å². The first-order valence-electron chi connectivity index (χ1n) is 6.50. The van der Waals surface area contributed by atoms with E-state index in [1.54, 1.807) is 0 Å². The van der Waals surface area contributed by atoms with Crippen molar-refractivity contribution in [1.82, 2.24) is 0 Å². The highest BCUT2D eigenvalue weighted by Crippen LogP contribution is 2.39. The van der Waals surface area contributed by atoms with E-state index in [1.165, 1.54) is 5.57 Å². The van der Waals surface area contributed by atoms with Gasteiger partial charge in [-0.25, -0.2) is 0 Å². The van der Waals surface area contributed by atoms with Gasteiger partial charge >= 0.3 is 0 Å². The van der Waals surface area contributed by atoms with Crippen LogP contribution in [0.2, 0.25) is 18.1 Å². The van der Waals surface area contributed by atoms with Crippen molar-refractivity contribution in [3.63, 3.8) is 0 Å². The van der Waals surface area contributed by atoms with Crippen molar-refractivity contribution in [2.45, 2.75) is 65.8 Å². The van der Waals surface area contributed by atoms with Gasteiger partial charge in [-0.1, -0.05) is 39.8 Å². The summed E-state index contributed by atoms with van der Waals surface area (Å²) in [4.78, 5) is 0. The SMILES string of the molecule is C=C[C@H](C)[C@H](O[Si](C)(C)C(C)(C)C)/C(C)=C/C. The van der Waals surface area contributed by atoms with Gasteiger partial charge in [0.1, 0.15) is 0 Å². The molecule has 0 aliphatic heterocycles. The van der Waals surface area contributed by atoms with E-state index in [4.69, 9.17) is 4.43 Å². The zero-order chi connectivity index (χ0) is 13.9. The van der Waals surface area contributed by atoms with E-state index in [2.05, 4.69) is 67.3 Å². The summed E-state index contributed by atoms with van der Waals surface area (Å²) in [5.41, 5.74) is 1.31. The van der Waals surface area contributed by atoms with E-state index < -0.39 is 8.32 Å². The van der Waals surface area contributed by atoms with Gasteiger partial charge in [-0.15, -0.1) is 6.58 Å². The molecule has 0 fully saturated rings. The quantitative estimate of drug-likeness (QED) is 0.486. The average molecular weight is 254 g/mol. The fourth-order valence-corrected chi connectivity index (χ4v) is 2.79. The number of allylic oxidation sites excluding steroid dienone is 1. The second kappa shape index (κ2) is 6.01. The standard InChI is InChI=1S/C15H30OSi/c1-10-12(3)14(13(4)11-2)16-17(8,9)15(5,6)7/h10-12,14H,1H2,2-9H3/b13-11+/t12-,14-/m0/s1. The van der Waals surface area contributed by atoms with Crippen LogP contribution in [0.4, 0.5) is 0 Å². The third-order valence-electron chi connectivity index (χ3n) is 3.98. The van der Waals surface area contributed by atoms with Crippen molar-refractivity contribution in [2.75, 3.05) is 0 Å². The topological polar surface area (TPSA) is 9.23 Å². The predicted octanol–water partition coefficient (Wildman–Crippen LogP) is 5.17. The zero-order valence-corrected chi connectivity index (χ0v) is 13.9. The Morgan fingerprint density at radius 1 is 1.29 bits per heavy atom. The summed E-state index contributed by atoms with van der Waals surface area (Å²) in [7, 11) is -1.71. The molecule has 100 valence electrons. The molecule has 17 heavy (non-hydrogen) atoms. The van der Waals surface area contributed by atoms with Crippen LogP contribution in [0, 0.1) is 5.92 Å². The van der Waals surface area contributed by atoms with Gasteiger partial charge in [-0.2, -0.15) is 0 Å². The van der Waals surface area contributed by atoms with Crippen LogP contribution in [-0.4, -0.2) is 14.4 Å². The summed E-state index contributed by atoms with van der Waals surface area (Å²) in [5.74, 6) is 0.361. The van der Waals surface area contributed by atoms with Crippen LogP contribution in [0.3, 0.4) is 0 Å². The van der Waals surface area contributed by atoms with Gasteiger partial charge in [0.15, 0.2) is 8.32 Å². The molecule has 0 heterocycles. The molecule has 2 heteroatoms. The summed E-state index contributed by atoms with van der Waals surface area (Å²) < 4.78 is 6.51. The summed E-state index contributed by atoms with van der Waals surface area (Å²) in [6.07, 6.45) is 4.32. The fourth-order valence-electron chi connectivity index (χ4n) is 1.40. The molecule has 0 saturated heterocycles. The molecule has 0 aromatic rings. The van der Waals surface area contributed by atoms with E-state index in [0.717, 1.165) is 0 Å². The Morgan fingerprint density at radius 2 is 1.76 bits per heavy atom. The molecule has 0 radical (unpaired) electrons. The van der Waals surface area contributed by atoms with Crippen LogP contribution in [-0.2, 0) is 4.43 Å². The normalized spacial score (nSPS) is 17.8. The van der Waals surface area contributed by atoms with Gasteiger partial charge < -0.3 is 4.43 Å². The maximum absolute atomic E-state index is 6.51. The maximum Gasteiger partial charge on any atom is 0.192 e. The molecule has 0 bridgehead atoms. The second-order valence-electron chi connectivity index (χ2n) is 6.43. The molecule has 0 aliphatic carbocycles. The van der Waals surface area contributed by atoms with Crippen molar-refractivity contribution in [1.29, 1.82) is 0 Å². The van der Waals surface area contributed by atoms with Crippen molar-refractivity contribution >= 4 is 8.32 Å². The van der Waals surface area contributed by atoms with E-state index in [1.807, 2.05) is 6.08 Å². The Bertz CT molecular complexity index is 284. The van der Waals surface area contributed by atoms with Crippen LogP contribution < -0.4 is 0 Å². The lowest BCUT2D eigenvalue weighted by molar-refractivity contribution is 0.178. The highest BCUT2D eigenvalue weighted by molar-refractivity contribution is 6.74. The first-order chi connectivity index (χ1) is 7.56. The maximum atomic E-state index is 6.51. The molecule has 2 atom stereocenters. The molecule has 0 unspecified atom stereocenters. The summed E-state index contributed by atoms with van der Waals surface area (Å²) in [5, 5.41) is 0.250. The molecule has 0 aliphatic rings. The van der Waals surface area contributed by atoms with Gasteiger partial charge in [0.05, 0.1) is 6.10 Å². The first kappa shape index (κ1) is 16.7. The molecule has 1 nitrogen and oxygen atoms in total. The van der Waals surface area contributed by atoms with Crippen molar-refractivity contribution in [3.05, 3.63) is 24.3 Å². The van der Waals surface area contributed by atoms with E-state index in [0.29, 0.717) is 5.92 Å². The second-order valence-corrected chi connectivity index (χ2v) is 11.2. The molecule has 0 amide bonds. The number of hydrogen-bond donors (Lipinski definition) is 0. The molecule has 0 rings (SSSR count). The Kier molecular flexibility index (Phi) is 5.89. The molecule has 0 aromatic heterocycles. The number of rotatable bonds is 5. The highest BCUT2D eigenvalue weighted by atomic mass is 28.4. The van der Waals surface area contributed by atoms with Crippen molar-refractivity contribution in [3.8, 4) is 0 Å². The summed E-state index contributed by atoms with van der Waals surface area (Å²) >= 11 is 0. The number of hydrogen-bond acceptors (Lipinski definition) is 1. The molecule has 0 aromatic carbocycles. The lowest BCUT2D eigenvalue weighted by Crippen LogP contribution is -2.45. The van der Waals surface area contributed by atoms with Gasteiger partial charge in [0.25, 0.3) is 0 Å². The summed E-state index contributed by atoms with van der Waals surface area (Å²) in [6.45, 7) is 21.7. The smallest absolute Gasteiger partial charge is 0.192 e. The molecular weight excluding hydrogens is 224 g/mol. The Morgan fingerprint density at radius 3 is 2.06 bits per heavy atom. The van der Waals surface area contributed by atoms with Crippen LogP contribution in [0.25, 0.3) is 0 Å². The predicted molar refractivity (Wildman–Crippen MR) is 80.9 cm³/mol. The third-order valence-corrected chi connectivity index (χ3v) is 8.44. The van der Waals surface area contributed by atoms with Gasteiger partial charge in [0, 0.05) is 5.92 Å². The fraction of sp³-hybridized carbons (Fsp3) is 0.733. The van der Waals surface area contributed by atoms with Gasteiger partial charge in [-0.3, -0.25) is 0 Å². The molecule has 0 N–H and O–H groups in total. The third kappa shape index (κ3) is 4.44. The Hall–Kier alpha value is -0.343. The Labute approximate surface area is 109 Å². The van der Waals surface area contributed by atoms with E-state index in [9.17, 15) is 0 Å². The minimum Gasteiger partial charge on any atom is -0.410 e. The largest absolute Gasteiger partial charge is 0.410 e. The monoisotopic (exact) mass is 254 g/mol. The van der Waals surface area contributed by atoms with Gasteiger partial charge in [0.2, 0.25) is 0 Å². The lowest BCUT2D eigenvalue weighted by atomic mass is 9.99. The van der Waals surface area contributed by atoms with Crippen molar-refractivity contribution < 1.29 is 4.43 Å². The molecular formula is C15H30OSi. The molecule has 0 saturated carbocycles. The Balaban J connectivity index is 5.07.